The van der Waals surface area contributed by atoms with Crippen LogP contribution in [-0.4, -0.2) is 37.7 Å². The predicted molar refractivity (Wildman–Crippen MR) is 121 cm³/mol. The van der Waals surface area contributed by atoms with Gasteiger partial charge in [0, 0.05) is 25.5 Å². The number of nitrogens with one attached hydrogen (secondary N) is 1. The number of amides is 1. The Labute approximate surface area is 194 Å². The van der Waals surface area contributed by atoms with Gasteiger partial charge in [-0.1, -0.05) is 18.2 Å². The van der Waals surface area contributed by atoms with Crippen LogP contribution in [0.4, 0.5) is 18.9 Å². The molecule has 0 aliphatic heterocycles. The van der Waals surface area contributed by atoms with Crippen LogP contribution in [0.2, 0.25) is 0 Å². The Morgan fingerprint density at radius 2 is 1.65 bits per heavy atom. The fourth-order valence-corrected chi connectivity index (χ4v) is 4.08. The number of sulfonamides is 1. The monoisotopic (exact) mass is 493 g/mol. The molecule has 0 spiro atoms. The minimum atomic E-state index is -4.63. The average Bonchev–Trinajstić information content (AvgIpc) is 2.77. The van der Waals surface area contributed by atoms with E-state index in [0.29, 0.717) is 11.3 Å². The highest BCUT2D eigenvalue weighted by atomic mass is 32.2. The van der Waals surface area contributed by atoms with Crippen LogP contribution in [-0.2, 0) is 22.7 Å². The molecule has 0 saturated carbocycles. The number of anilines is 1. The van der Waals surface area contributed by atoms with Crippen molar-refractivity contribution in [1.29, 1.82) is 0 Å². The van der Waals surface area contributed by atoms with E-state index in [1.165, 1.54) is 62.6 Å². The van der Waals surface area contributed by atoms with Crippen molar-refractivity contribution in [2.24, 2.45) is 0 Å². The Kier molecular flexibility index (Phi) is 6.99. The Balaban J connectivity index is 2.06. The van der Waals surface area contributed by atoms with E-state index in [0.717, 1.165) is 21.3 Å². The van der Waals surface area contributed by atoms with Crippen LogP contribution in [0.3, 0.4) is 0 Å². The normalized spacial score (nSPS) is 12.1. The summed E-state index contributed by atoms with van der Waals surface area (Å²) in [5.41, 5.74) is -0.959. The number of H-pyrrole nitrogens is 1. The molecule has 0 aliphatic carbocycles. The SMILES string of the molecule is Cc1ccc(C(=O)N(Cc2ccc(S(=O)(=O)N(C)C)cc2)c2cccc(C(F)(F)F)c2)c(=O)[nH]1. The second-order valence-corrected chi connectivity index (χ2v) is 9.91. The molecule has 0 unspecified atom stereocenters. The number of rotatable bonds is 6. The standard InChI is InChI=1S/C23H22F3N3O4S/c1-15-7-12-20(21(30)27-15)22(31)29(18-6-4-5-17(13-18)23(24,25)26)14-16-8-10-19(11-9-16)34(32,33)28(2)3/h4-13H,14H2,1-3H3,(H,27,30). The van der Waals surface area contributed by atoms with Gasteiger partial charge in [0.05, 0.1) is 17.0 Å². The van der Waals surface area contributed by atoms with Gasteiger partial charge in [-0.2, -0.15) is 13.2 Å². The van der Waals surface area contributed by atoms with Crippen molar-refractivity contribution >= 4 is 21.6 Å². The van der Waals surface area contributed by atoms with E-state index in [2.05, 4.69) is 4.98 Å². The number of halogens is 3. The Morgan fingerprint density at radius 1 is 1.00 bits per heavy atom. The van der Waals surface area contributed by atoms with Gasteiger partial charge < -0.3 is 9.88 Å². The summed E-state index contributed by atoms with van der Waals surface area (Å²) >= 11 is 0. The van der Waals surface area contributed by atoms with E-state index in [-0.39, 0.29) is 22.7 Å². The van der Waals surface area contributed by atoms with Gasteiger partial charge in [0.1, 0.15) is 5.56 Å². The minimum absolute atomic E-state index is 0.0215. The molecule has 0 aliphatic rings. The van der Waals surface area contributed by atoms with Crippen LogP contribution in [0.5, 0.6) is 0 Å². The summed E-state index contributed by atoms with van der Waals surface area (Å²) in [7, 11) is -0.912. The molecule has 7 nitrogen and oxygen atoms in total. The van der Waals surface area contributed by atoms with E-state index in [1.807, 2.05) is 0 Å². The lowest BCUT2D eigenvalue weighted by Gasteiger charge is -2.24. The highest BCUT2D eigenvalue weighted by Gasteiger charge is 2.32. The molecular weight excluding hydrogens is 471 g/mol. The lowest BCUT2D eigenvalue weighted by Crippen LogP contribution is -2.34. The highest BCUT2D eigenvalue weighted by Crippen LogP contribution is 2.32. The molecule has 1 aromatic heterocycles. The fraction of sp³-hybridized carbons (Fsp3) is 0.217. The summed E-state index contributed by atoms with van der Waals surface area (Å²) < 4.78 is 65.5. The second-order valence-electron chi connectivity index (χ2n) is 7.75. The van der Waals surface area contributed by atoms with Crippen LogP contribution >= 0.6 is 0 Å². The number of nitrogens with zero attached hydrogens (tertiary/aromatic N) is 2. The fourth-order valence-electron chi connectivity index (χ4n) is 3.18. The van der Waals surface area contributed by atoms with E-state index in [4.69, 9.17) is 0 Å². The summed E-state index contributed by atoms with van der Waals surface area (Å²) in [5, 5.41) is 0. The molecule has 11 heteroatoms. The smallest absolute Gasteiger partial charge is 0.326 e. The lowest BCUT2D eigenvalue weighted by atomic mass is 10.1. The lowest BCUT2D eigenvalue weighted by molar-refractivity contribution is -0.137. The zero-order valence-electron chi connectivity index (χ0n) is 18.6. The van der Waals surface area contributed by atoms with Crippen molar-refractivity contribution in [2.45, 2.75) is 24.5 Å². The first-order valence-electron chi connectivity index (χ1n) is 10.0. The summed E-state index contributed by atoms with van der Waals surface area (Å²) in [4.78, 5) is 29.2. The van der Waals surface area contributed by atoms with Crippen LogP contribution in [0, 0.1) is 6.92 Å². The van der Waals surface area contributed by atoms with E-state index < -0.39 is 33.2 Å². The summed E-state index contributed by atoms with van der Waals surface area (Å²) in [5.74, 6) is -0.800. The molecule has 180 valence electrons. The van der Waals surface area contributed by atoms with Crippen molar-refractivity contribution in [3.05, 3.63) is 93.4 Å². The van der Waals surface area contributed by atoms with Crippen LogP contribution in [0.1, 0.15) is 27.2 Å². The molecule has 0 bridgehead atoms. The molecule has 34 heavy (non-hydrogen) atoms. The van der Waals surface area contributed by atoms with Gasteiger partial charge >= 0.3 is 6.18 Å². The van der Waals surface area contributed by atoms with Gasteiger partial charge in [-0.15, -0.1) is 0 Å². The molecular formula is C23H22F3N3O4S. The first-order valence-corrected chi connectivity index (χ1v) is 11.5. The van der Waals surface area contributed by atoms with Gasteiger partial charge in [-0.3, -0.25) is 9.59 Å². The Bertz CT molecular complexity index is 1370. The average molecular weight is 494 g/mol. The zero-order valence-corrected chi connectivity index (χ0v) is 19.4. The van der Waals surface area contributed by atoms with Crippen LogP contribution < -0.4 is 10.5 Å². The topological polar surface area (TPSA) is 90.6 Å². The molecule has 0 saturated heterocycles. The Hall–Kier alpha value is -3.44. The first kappa shape index (κ1) is 25.2. The van der Waals surface area contributed by atoms with Gasteiger partial charge in [-0.05, 0) is 55.0 Å². The maximum Gasteiger partial charge on any atom is 0.416 e. The third-order valence-corrected chi connectivity index (χ3v) is 6.89. The number of aryl methyl sites for hydroxylation is 1. The first-order chi connectivity index (χ1) is 15.8. The molecule has 1 N–H and O–H groups in total. The molecule has 0 atom stereocenters. The summed E-state index contributed by atoms with van der Waals surface area (Å²) in [6.07, 6.45) is -4.63. The number of carbonyl (C=O) groups excluding carboxylic acids is 1. The number of benzene rings is 2. The quantitative estimate of drug-likeness (QED) is 0.566. The van der Waals surface area contributed by atoms with Gasteiger partial charge in [0.2, 0.25) is 10.0 Å². The summed E-state index contributed by atoms with van der Waals surface area (Å²) in [6, 6.07) is 12.6. The number of alkyl halides is 3. The Morgan fingerprint density at radius 3 is 2.21 bits per heavy atom. The molecule has 0 radical (unpaired) electrons. The summed E-state index contributed by atoms with van der Waals surface area (Å²) in [6.45, 7) is 1.43. The number of carbonyl (C=O) groups is 1. The highest BCUT2D eigenvalue weighted by molar-refractivity contribution is 7.89. The predicted octanol–water partition coefficient (Wildman–Crippen LogP) is 3.80. The number of aromatic nitrogens is 1. The van der Waals surface area contributed by atoms with Gasteiger partial charge in [0.25, 0.3) is 11.5 Å². The number of hydrogen-bond donors (Lipinski definition) is 1. The third-order valence-electron chi connectivity index (χ3n) is 5.06. The molecule has 3 aromatic rings. The molecule has 0 fully saturated rings. The molecule has 1 heterocycles. The number of pyridine rings is 1. The molecule has 3 rings (SSSR count). The second kappa shape index (κ2) is 9.43. The van der Waals surface area contributed by atoms with Crippen molar-refractivity contribution in [3.63, 3.8) is 0 Å². The number of aromatic amines is 1. The van der Waals surface area contributed by atoms with Crippen LogP contribution in [0.15, 0.2) is 70.4 Å². The molecule has 2 aromatic carbocycles. The van der Waals surface area contributed by atoms with Crippen molar-refractivity contribution in [1.82, 2.24) is 9.29 Å². The third kappa shape index (κ3) is 5.37. The van der Waals surface area contributed by atoms with Crippen LogP contribution in [0.25, 0.3) is 0 Å². The molecule has 1 amide bonds. The van der Waals surface area contributed by atoms with E-state index in [9.17, 15) is 31.2 Å². The van der Waals surface area contributed by atoms with Crippen molar-refractivity contribution < 1.29 is 26.4 Å². The van der Waals surface area contributed by atoms with Crippen molar-refractivity contribution in [2.75, 3.05) is 19.0 Å². The largest absolute Gasteiger partial charge is 0.416 e. The minimum Gasteiger partial charge on any atom is -0.326 e. The maximum atomic E-state index is 13.3. The van der Waals surface area contributed by atoms with E-state index in [1.54, 1.807) is 6.92 Å². The van der Waals surface area contributed by atoms with Gasteiger partial charge in [0.15, 0.2) is 0 Å². The maximum absolute atomic E-state index is 13.3. The van der Waals surface area contributed by atoms with Gasteiger partial charge in [-0.25, -0.2) is 12.7 Å². The number of hydrogen-bond acceptors (Lipinski definition) is 4. The zero-order chi connectivity index (χ0) is 25.3. The van der Waals surface area contributed by atoms with Crippen molar-refractivity contribution in [3.8, 4) is 0 Å². The van der Waals surface area contributed by atoms with E-state index >= 15 is 0 Å².